The minimum Gasteiger partial charge on any atom is -0.494 e. The van der Waals surface area contributed by atoms with Gasteiger partial charge in [-0.1, -0.05) is 19.9 Å². The molecule has 0 aliphatic carbocycles. The molecule has 2 N–H and O–H groups in total. The Bertz CT molecular complexity index is 672. The molecule has 0 aliphatic rings. The highest BCUT2D eigenvalue weighted by Crippen LogP contribution is 2.22. The van der Waals surface area contributed by atoms with Gasteiger partial charge in [0.05, 0.1) is 12.3 Å². The van der Waals surface area contributed by atoms with E-state index in [-0.39, 0.29) is 12.1 Å². The molecule has 0 unspecified atom stereocenters. The SMILES string of the molecule is CCOc1ccc(-c2ccc(CN)c(=O)n2CC(C)C)cc1. The standard InChI is InChI=1S/C18H24N2O2/c1-4-22-16-8-5-14(6-9-16)17-10-7-15(11-19)18(21)20(17)12-13(2)3/h5-10,13H,4,11-12,19H2,1-3H3. The van der Waals surface area contributed by atoms with E-state index in [1.54, 1.807) is 0 Å². The summed E-state index contributed by atoms with van der Waals surface area (Å²) in [5.74, 6) is 1.22. The van der Waals surface area contributed by atoms with Crippen LogP contribution in [0.1, 0.15) is 26.3 Å². The van der Waals surface area contributed by atoms with E-state index in [1.807, 2.05) is 47.9 Å². The van der Waals surface area contributed by atoms with Crippen LogP contribution < -0.4 is 16.0 Å². The number of ether oxygens (including phenoxy) is 1. The Kier molecular flexibility index (Phi) is 5.39. The van der Waals surface area contributed by atoms with Crippen molar-refractivity contribution >= 4 is 0 Å². The van der Waals surface area contributed by atoms with Gasteiger partial charge in [-0.3, -0.25) is 4.79 Å². The fourth-order valence-electron chi connectivity index (χ4n) is 2.47. The lowest BCUT2D eigenvalue weighted by molar-refractivity contribution is 0.340. The lowest BCUT2D eigenvalue weighted by Crippen LogP contribution is -2.28. The average molecular weight is 300 g/mol. The quantitative estimate of drug-likeness (QED) is 0.892. The maximum atomic E-state index is 12.6. The topological polar surface area (TPSA) is 57.2 Å². The Morgan fingerprint density at radius 3 is 2.36 bits per heavy atom. The molecule has 4 heteroatoms. The molecule has 0 bridgehead atoms. The van der Waals surface area contributed by atoms with Gasteiger partial charge in [0.25, 0.3) is 5.56 Å². The van der Waals surface area contributed by atoms with Gasteiger partial charge in [-0.05, 0) is 48.7 Å². The second-order valence-corrected chi connectivity index (χ2v) is 5.71. The van der Waals surface area contributed by atoms with Crippen LogP contribution in [0.4, 0.5) is 0 Å². The molecule has 0 radical (unpaired) electrons. The Hall–Kier alpha value is -2.07. The summed E-state index contributed by atoms with van der Waals surface area (Å²) in [5, 5.41) is 0. The van der Waals surface area contributed by atoms with Gasteiger partial charge < -0.3 is 15.0 Å². The summed E-state index contributed by atoms with van der Waals surface area (Å²) >= 11 is 0. The van der Waals surface area contributed by atoms with Gasteiger partial charge >= 0.3 is 0 Å². The van der Waals surface area contributed by atoms with Crippen LogP contribution in [0.2, 0.25) is 0 Å². The number of pyridine rings is 1. The summed E-state index contributed by atoms with van der Waals surface area (Å²) in [6, 6.07) is 11.6. The van der Waals surface area contributed by atoms with Crippen LogP contribution in [0.25, 0.3) is 11.3 Å². The van der Waals surface area contributed by atoms with Crippen LogP contribution in [0.15, 0.2) is 41.2 Å². The van der Waals surface area contributed by atoms with Crippen molar-refractivity contribution in [2.75, 3.05) is 6.61 Å². The lowest BCUT2D eigenvalue weighted by Gasteiger charge is -2.16. The van der Waals surface area contributed by atoms with Crippen molar-refractivity contribution in [3.63, 3.8) is 0 Å². The maximum absolute atomic E-state index is 12.6. The van der Waals surface area contributed by atoms with Crippen molar-refractivity contribution in [3.8, 4) is 17.0 Å². The fraction of sp³-hybridized carbons (Fsp3) is 0.389. The minimum atomic E-state index is 0.00239. The molecule has 0 saturated heterocycles. The Labute approximate surface area is 131 Å². The smallest absolute Gasteiger partial charge is 0.255 e. The Balaban J connectivity index is 2.49. The third kappa shape index (κ3) is 3.57. The molecule has 0 amide bonds. The predicted molar refractivity (Wildman–Crippen MR) is 90.0 cm³/mol. The summed E-state index contributed by atoms with van der Waals surface area (Å²) in [6.45, 7) is 7.74. The molecule has 0 fully saturated rings. The van der Waals surface area contributed by atoms with Gasteiger partial charge in [0.1, 0.15) is 5.75 Å². The highest BCUT2D eigenvalue weighted by molar-refractivity contribution is 5.61. The molecule has 1 aromatic heterocycles. The number of nitrogens with zero attached hydrogens (tertiary/aromatic N) is 1. The van der Waals surface area contributed by atoms with Crippen molar-refractivity contribution in [2.45, 2.75) is 33.9 Å². The van der Waals surface area contributed by atoms with E-state index in [9.17, 15) is 4.79 Å². The van der Waals surface area contributed by atoms with Gasteiger partial charge in [0.15, 0.2) is 0 Å². The van der Waals surface area contributed by atoms with E-state index in [1.165, 1.54) is 0 Å². The van der Waals surface area contributed by atoms with E-state index in [2.05, 4.69) is 13.8 Å². The van der Waals surface area contributed by atoms with Gasteiger partial charge in [0, 0.05) is 18.7 Å². The average Bonchev–Trinajstić information content (AvgIpc) is 2.50. The molecule has 0 saturated carbocycles. The van der Waals surface area contributed by atoms with Gasteiger partial charge in [-0.25, -0.2) is 0 Å². The molecule has 2 rings (SSSR count). The van der Waals surface area contributed by atoms with E-state index >= 15 is 0 Å². The molecule has 118 valence electrons. The first-order valence-electron chi connectivity index (χ1n) is 7.72. The molecule has 22 heavy (non-hydrogen) atoms. The number of benzene rings is 1. The second-order valence-electron chi connectivity index (χ2n) is 5.71. The normalized spacial score (nSPS) is 11.0. The Morgan fingerprint density at radius 1 is 1.14 bits per heavy atom. The van der Waals surface area contributed by atoms with Crippen LogP contribution in [0, 0.1) is 5.92 Å². The molecule has 0 aliphatic heterocycles. The molecule has 2 aromatic rings. The lowest BCUT2D eigenvalue weighted by atomic mass is 10.1. The highest BCUT2D eigenvalue weighted by Gasteiger charge is 2.11. The molecular weight excluding hydrogens is 276 g/mol. The second kappa shape index (κ2) is 7.27. The van der Waals surface area contributed by atoms with E-state index in [0.29, 0.717) is 24.6 Å². The number of nitrogens with two attached hydrogens (primary N) is 1. The summed E-state index contributed by atoms with van der Waals surface area (Å²) in [7, 11) is 0. The van der Waals surface area contributed by atoms with Crippen LogP contribution in [-0.4, -0.2) is 11.2 Å². The van der Waals surface area contributed by atoms with Gasteiger partial charge in [-0.15, -0.1) is 0 Å². The molecule has 0 atom stereocenters. The summed E-state index contributed by atoms with van der Waals surface area (Å²) in [5.41, 5.74) is 8.23. The molecular formula is C18H24N2O2. The first-order valence-corrected chi connectivity index (χ1v) is 7.72. The zero-order valence-electron chi connectivity index (χ0n) is 13.5. The molecule has 0 spiro atoms. The van der Waals surface area contributed by atoms with Crippen LogP contribution >= 0.6 is 0 Å². The minimum absolute atomic E-state index is 0.00239. The number of rotatable bonds is 6. The first-order chi connectivity index (χ1) is 10.6. The summed E-state index contributed by atoms with van der Waals surface area (Å²) in [4.78, 5) is 12.6. The third-order valence-electron chi connectivity index (χ3n) is 3.48. The van der Waals surface area contributed by atoms with Crippen molar-refractivity contribution in [1.29, 1.82) is 0 Å². The zero-order valence-corrected chi connectivity index (χ0v) is 13.5. The fourth-order valence-corrected chi connectivity index (χ4v) is 2.47. The van der Waals surface area contributed by atoms with E-state index in [4.69, 9.17) is 10.5 Å². The monoisotopic (exact) mass is 300 g/mol. The summed E-state index contributed by atoms with van der Waals surface area (Å²) < 4.78 is 7.29. The Morgan fingerprint density at radius 2 is 1.82 bits per heavy atom. The number of hydrogen-bond acceptors (Lipinski definition) is 3. The van der Waals surface area contributed by atoms with Crippen molar-refractivity contribution in [2.24, 2.45) is 11.7 Å². The van der Waals surface area contributed by atoms with E-state index < -0.39 is 0 Å². The van der Waals surface area contributed by atoms with Crippen LogP contribution in [0.3, 0.4) is 0 Å². The molecule has 4 nitrogen and oxygen atoms in total. The van der Waals surface area contributed by atoms with E-state index in [0.717, 1.165) is 17.0 Å². The highest BCUT2D eigenvalue weighted by atomic mass is 16.5. The van der Waals surface area contributed by atoms with Crippen LogP contribution in [0.5, 0.6) is 5.75 Å². The van der Waals surface area contributed by atoms with Crippen molar-refractivity contribution < 1.29 is 4.74 Å². The van der Waals surface area contributed by atoms with Crippen molar-refractivity contribution in [3.05, 3.63) is 52.3 Å². The first kappa shape index (κ1) is 16.3. The summed E-state index contributed by atoms with van der Waals surface area (Å²) in [6.07, 6.45) is 0. The largest absolute Gasteiger partial charge is 0.494 e. The zero-order chi connectivity index (χ0) is 16.1. The third-order valence-corrected chi connectivity index (χ3v) is 3.48. The van der Waals surface area contributed by atoms with Crippen LogP contribution in [-0.2, 0) is 13.1 Å². The maximum Gasteiger partial charge on any atom is 0.255 e. The van der Waals surface area contributed by atoms with Crippen molar-refractivity contribution in [1.82, 2.24) is 4.57 Å². The molecule has 1 aromatic carbocycles. The van der Waals surface area contributed by atoms with Gasteiger partial charge in [-0.2, -0.15) is 0 Å². The molecule has 1 heterocycles. The predicted octanol–water partition coefficient (Wildman–Crippen LogP) is 3.03. The number of aromatic nitrogens is 1. The van der Waals surface area contributed by atoms with Gasteiger partial charge in [0.2, 0.25) is 0 Å². The number of hydrogen-bond donors (Lipinski definition) is 1.